The summed E-state index contributed by atoms with van der Waals surface area (Å²) in [5, 5.41) is 4.17. The lowest BCUT2D eigenvalue weighted by Crippen LogP contribution is -2.50. The van der Waals surface area contributed by atoms with Crippen molar-refractivity contribution in [2.75, 3.05) is 6.54 Å². The Morgan fingerprint density at radius 3 is 2.95 bits per heavy atom. The number of aromatic nitrogens is 1. The van der Waals surface area contributed by atoms with Gasteiger partial charge in [-0.3, -0.25) is 14.6 Å². The highest BCUT2D eigenvalue weighted by Gasteiger charge is 2.46. The van der Waals surface area contributed by atoms with Gasteiger partial charge >= 0.3 is 0 Å². The van der Waals surface area contributed by atoms with Crippen molar-refractivity contribution in [2.24, 2.45) is 0 Å². The van der Waals surface area contributed by atoms with E-state index in [0.717, 1.165) is 16.6 Å². The number of fused-ring (bicyclic) bond motifs is 3. The molecule has 6 heteroatoms. The van der Waals surface area contributed by atoms with Gasteiger partial charge in [0.25, 0.3) is 5.91 Å². The van der Waals surface area contributed by atoms with Crippen LogP contribution in [0.15, 0.2) is 24.3 Å². The van der Waals surface area contributed by atoms with Gasteiger partial charge in [0.15, 0.2) is 0 Å². The second kappa shape index (κ2) is 4.68. The number of nitrogens with zero attached hydrogens (tertiary/aromatic N) is 2. The van der Waals surface area contributed by atoms with Crippen LogP contribution in [0.1, 0.15) is 22.5 Å². The Kier molecular flexibility index (Phi) is 2.87. The number of hydrogen-bond donors (Lipinski definition) is 1. The standard InChI is InChI=1S/C16H14ClN3O2/c1-8-4-12(11-5-9(17)2-3-13(11)18-8)16(22)20-7-10-6-14(20)15(21)19-10/h2-5,10,14H,6-7H2,1H3,(H,19,21)/t10-,14-/m0/s1. The number of benzene rings is 1. The van der Waals surface area contributed by atoms with Crippen molar-refractivity contribution < 1.29 is 9.59 Å². The molecule has 2 fully saturated rings. The summed E-state index contributed by atoms with van der Waals surface area (Å²) in [4.78, 5) is 30.9. The highest BCUT2D eigenvalue weighted by molar-refractivity contribution is 6.31. The molecule has 1 aromatic heterocycles. The van der Waals surface area contributed by atoms with E-state index >= 15 is 0 Å². The molecule has 2 aromatic rings. The first-order valence-electron chi connectivity index (χ1n) is 7.21. The molecule has 3 heterocycles. The number of halogens is 1. The summed E-state index contributed by atoms with van der Waals surface area (Å²) in [7, 11) is 0. The van der Waals surface area contributed by atoms with Crippen LogP contribution in [0.5, 0.6) is 0 Å². The van der Waals surface area contributed by atoms with Gasteiger partial charge in [-0.25, -0.2) is 0 Å². The van der Waals surface area contributed by atoms with E-state index in [1.807, 2.05) is 13.0 Å². The first kappa shape index (κ1) is 13.5. The minimum absolute atomic E-state index is 0.0577. The van der Waals surface area contributed by atoms with Gasteiger partial charge in [0, 0.05) is 28.7 Å². The Morgan fingerprint density at radius 1 is 1.41 bits per heavy atom. The number of aryl methyl sites for hydroxylation is 1. The van der Waals surface area contributed by atoms with Gasteiger partial charge in [-0.15, -0.1) is 0 Å². The summed E-state index contributed by atoms with van der Waals surface area (Å²) in [6.07, 6.45) is 0.702. The summed E-state index contributed by atoms with van der Waals surface area (Å²) in [6.45, 7) is 2.42. The lowest BCUT2D eigenvalue weighted by atomic mass is 10.1. The van der Waals surface area contributed by atoms with E-state index in [0.29, 0.717) is 23.6 Å². The number of nitrogens with one attached hydrogen (secondary N) is 1. The number of pyridine rings is 1. The minimum atomic E-state index is -0.347. The maximum absolute atomic E-state index is 12.9. The molecule has 4 rings (SSSR count). The molecule has 22 heavy (non-hydrogen) atoms. The van der Waals surface area contributed by atoms with Crippen molar-refractivity contribution in [2.45, 2.75) is 25.4 Å². The van der Waals surface area contributed by atoms with Gasteiger partial charge in [0.1, 0.15) is 6.04 Å². The van der Waals surface area contributed by atoms with E-state index in [4.69, 9.17) is 11.6 Å². The van der Waals surface area contributed by atoms with Crippen molar-refractivity contribution in [1.29, 1.82) is 0 Å². The van der Waals surface area contributed by atoms with Crippen LogP contribution in [-0.2, 0) is 4.79 Å². The molecule has 1 N–H and O–H groups in total. The van der Waals surface area contributed by atoms with Gasteiger partial charge in [0.05, 0.1) is 11.1 Å². The third kappa shape index (κ3) is 1.96. The van der Waals surface area contributed by atoms with Crippen LogP contribution in [0.3, 0.4) is 0 Å². The maximum Gasteiger partial charge on any atom is 0.255 e. The lowest BCUT2D eigenvalue weighted by molar-refractivity contribution is -0.124. The number of carbonyl (C=O) groups excluding carboxylic acids is 2. The Morgan fingerprint density at radius 2 is 2.23 bits per heavy atom. The molecule has 5 nitrogen and oxygen atoms in total. The highest BCUT2D eigenvalue weighted by atomic mass is 35.5. The van der Waals surface area contributed by atoms with E-state index in [1.54, 1.807) is 23.1 Å². The van der Waals surface area contributed by atoms with E-state index in [9.17, 15) is 9.59 Å². The zero-order valence-corrected chi connectivity index (χ0v) is 12.7. The van der Waals surface area contributed by atoms with Gasteiger partial charge in [0.2, 0.25) is 5.91 Å². The Bertz CT molecular complexity index is 820. The molecular formula is C16H14ClN3O2. The van der Waals surface area contributed by atoms with E-state index < -0.39 is 0 Å². The average molecular weight is 316 g/mol. The van der Waals surface area contributed by atoms with Gasteiger partial charge in [-0.1, -0.05) is 11.6 Å². The number of piperazine rings is 1. The first-order valence-corrected chi connectivity index (χ1v) is 7.59. The fourth-order valence-corrected chi connectivity index (χ4v) is 3.55. The largest absolute Gasteiger partial charge is 0.350 e. The zero-order chi connectivity index (χ0) is 15.4. The van der Waals surface area contributed by atoms with E-state index in [-0.39, 0.29) is 23.9 Å². The van der Waals surface area contributed by atoms with Crippen molar-refractivity contribution in [3.05, 3.63) is 40.5 Å². The van der Waals surface area contributed by atoms with E-state index in [1.165, 1.54) is 0 Å². The molecule has 0 unspecified atom stereocenters. The zero-order valence-electron chi connectivity index (χ0n) is 12.0. The molecule has 0 saturated carbocycles. The number of rotatable bonds is 1. The smallest absolute Gasteiger partial charge is 0.255 e. The fraction of sp³-hybridized carbons (Fsp3) is 0.312. The van der Waals surface area contributed by atoms with Crippen molar-refractivity contribution in [3.63, 3.8) is 0 Å². The fourth-order valence-electron chi connectivity index (χ4n) is 3.37. The predicted octanol–water partition coefficient (Wildman–Crippen LogP) is 1.91. The summed E-state index contributed by atoms with van der Waals surface area (Å²) < 4.78 is 0. The van der Waals surface area contributed by atoms with Crippen LogP contribution in [0.2, 0.25) is 5.02 Å². The summed E-state index contributed by atoms with van der Waals surface area (Å²) in [5.41, 5.74) is 2.07. The van der Waals surface area contributed by atoms with Crippen molar-refractivity contribution in [1.82, 2.24) is 15.2 Å². The Hall–Kier alpha value is -2.14. The third-order valence-corrected chi connectivity index (χ3v) is 4.58. The topological polar surface area (TPSA) is 62.3 Å². The van der Waals surface area contributed by atoms with Crippen molar-refractivity contribution >= 4 is 34.3 Å². The third-order valence-electron chi connectivity index (χ3n) is 4.34. The lowest BCUT2D eigenvalue weighted by Gasteiger charge is -2.27. The second-order valence-corrected chi connectivity index (χ2v) is 6.32. The van der Waals surface area contributed by atoms with Gasteiger partial charge in [-0.2, -0.15) is 0 Å². The molecule has 2 aliphatic heterocycles. The van der Waals surface area contributed by atoms with Crippen LogP contribution in [0.4, 0.5) is 0 Å². The molecule has 0 radical (unpaired) electrons. The molecule has 2 amide bonds. The number of likely N-dealkylation sites (tertiary alicyclic amines) is 1. The number of carbonyl (C=O) groups is 2. The van der Waals surface area contributed by atoms with Crippen LogP contribution in [0, 0.1) is 6.92 Å². The minimum Gasteiger partial charge on any atom is -0.350 e. The van der Waals surface area contributed by atoms with Gasteiger partial charge in [-0.05, 0) is 37.6 Å². The van der Waals surface area contributed by atoms with Crippen LogP contribution in [-0.4, -0.2) is 40.3 Å². The Balaban J connectivity index is 1.82. The second-order valence-electron chi connectivity index (χ2n) is 5.89. The van der Waals surface area contributed by atoms with Crippen LogP contribution < -0.4 is 5.32 Å². The maximum atomic E-state index is 12.9. The average Bonchev–Trinajstić information content (AvgIpc) is 3.05. The highest BCUT2D eigenvalue weighted by Crippen LogP contribution is 2.29. The molecule has 2 atom stereocenters. The summed E-state index contributed by atoms with van der Waals surface area (Å²) >= 11 is 6.06. The van der Waals surface area contributed by atoms with Gasteiger partial charge < -0.3 is 10.2 Å². The summed E-state index contributed by atoms with van der Waals surface area (Å²) in [5.74, 6) is -0.183. The summed E-state index contributed by atoms with van der Waals surface area (Å²) in [6, 6.07) is 6.83. The Labute approximate surface area is 132 Å². The van der Waals surface area contributed by atoms with Crippen LogP contribution in [0.25, 0.3) is 10.9 Å². The quantitative estimate of drug-likeness (QED) is 0.874. The number of amides is 2. The molecular weight excluding hydrogens is 302 g/mol. The first-order chi connectivity index (χ1) is 10.5. The molecule has 2 saturated heterocycles. The van der Waals surface area contributed by atoms with Crippen LogP contribution >= 0.6 is 11.6 Å². The van der Waals surface area contributed by atoms with E-state index in [2.05, 4.69) is 10.3 Å². The molecule has 2 bridgehead atoms. The SMILES string of the molecule is Cc1cc(C(=O)N2C[C@@H]3C[C@H]2C(=O)N3)c2cc(Cl)ccc2n1. The molecule has 1 aromatic carbocycles. The molecule has 0 spiro atoms. The normalized spacial score (nSPS) is 23.2. The monoisotopic (exact) mass is 315 g/mol. The molecule has 112 valence electrons. The number of hydrogen-bond acceptors (Lipinski definition) is 3. The molecule has 2 aliphatic rings. The molecule has 0 aliphatic carbocycles. The predicted molar refractivity (Wildman–Crippen MR) is 82.9 cm³/mol. The van der Waals surface area contributed by atoms with Crippen molar-refractivity contribution in [3.8, 4) is 0 Å².